The molecule has 1 nitrogen and oxygen atoms in total. The summed E-state index contributed by atoms with van der Waals surface area (Å²) in [4.78, 5) is 4.40. The van der Waals surface area contributed by atoms with Crippen molar-refractivity contribution in [1.29, 1.82) is 0 Å². The summed E-state index contributed by atoms with van der Waals surface area (Å²) in [6, 6.07) is 4.29. The third-order valence-corrected chi connectivity index (χ3v) is 5.07. The molecule has 0 fully saturated rings. The summed E-state index contributed by atoms with van der Waals surface area (Å²) in [5, 5.41) is 0. The Morgan fingerprint density at radius 3 is 2.50 bits per heavy atom. The van der Waals surface area contributed by atoms with Gasteiger partial charge in [0.05, 0.1) is 0 Å². The van der Waals surface area contributed by atoms with Crippen LogP contribution in [0.3, 0.4) is 0 Å². The van der Waals surface area contributed by atoms with Crippen LogP contribution in [0, 0.1) is 6.92 Å². The van der Waals surface area contributed by atoms with Gasteiger partial charge in [0, 0.05) is 0 Å². The molecule has 0 bridgehead atoms. The topological polar surface area (TPSA) is 12.9 Å². The minimum absolute atomic E-state index is 0.487. The van der Waals surface area contributed by atoms with Gasteiger partial charge in [0.2, 0.25) is 0 Å². The second-order valence-electron chi connectivity index (χ2n) is 4.09. The van der Waals surface area contributed by atoms with Crippen molar-refractivity contribution < 1.29 is 0 Å². The van der Waals surface area contributed by atoms with Gasteiger partial charge in [-0.3, -0.25) is 0 Å². The minimum atomic E-state index is -0.487. The van der Waals surface area contributed by atoms with Gasteiger partial charge in [-0.15, -0.1) is 0 Å². The first-order chi connectivity index (χ1) is 5.47. The zero-order chi connectivity index (χ0) is 9.19. The van der Waals surface area contributed by atoms with E-state index >= 15 is 0 Å². The molecule has 0 saturated carbocycles. The predicted octanol–water partition coefficient (Wildman–Crippen LogP) is 1.94. The van der Waals surface area contributed by atoms with Gasteiger partial charge in [0.25, 0.3) is 0 Å². The standard InChI is InChI=1S/C6H6N.C4H9.Sn/c1-6-2-4-7-5-3-6;1-4(2)3;/h2-4H,1H3;1-3H3;. The van der Waals surface area contributed by atoms with Gasteiger partial charge in [-0.1, -0.05) is 0 Å². The van der Waals surface area contributed by atoms with E-state index in [9.17, 15) is 0 Å². The third-order valence-electron chi connectivity index (χ3n) is 1.42. The summed E-state index contributed by atoms with van der Waals surface area (Å²) < 4.78 is 1.87. The number of aryl methyl sites for hydroxylation is 1. The first-order valence-electron chi connectivity index (χ1n) is 4.18. The molecule has 0 aliphatic heterocycles. The molecule has 0 aromatic carbocycles. The quantitative estimate of drug-likeness (QED) is 0.709. The maximum atomic E-state index is 4.40. The van der Waals surface area contributed by atoms with Crippen molar-refractivity contribution in [2.75, 3.05) is 0 Å². The summed E-state index contributed by atoms with van der Waals surface area (Å²) in [7, 11) is 0. The van der Waals surface area contributed by atoms with Gasteiger partial charge in [-0.2, -0.15) is 0 Å². The molecule has 0 amide bonds. The molecule has 1 aromatic rings. The number of hydrogen-bond acceptors (Lipinski definition) is 1. The number of pyridine rings is 1. The second kappa shape index (κ2) is 3.77. The summed E-state index contributed by atoms with van der Waals surface area (Å²) >= 11 is -0.487. The molecule has 2 radical (unpaired) electrons. The summed E-state index contributed by atoms with van der Waals surface area (Å²) in [6.45, 7) is 9.06. The van der Waals surface area contributed by atoms with Gasteiger partial charge < -0.3 is 0 Å². The zero-order valence-electron chi connectivity index (χ0n) is 8.18. The molecular formula is C10H15NSn. The molecule has 0 N–H and O–H groups in total. The Bertz CT molecular complexity index is 263. The van der Waals surface area contributed by atoms with Crippen LogP contribution in [-0.4, -0.2) is 26.1 Å². The van der Waals surface area contributed by atoms with Crippen LogP contribution in [-0.2, 0) is 0 Å². The molecule has 0 aliphatic rings. The molecule has 0 aliphatic carbocycles. The normalized spacial score (nSPS) is 11.7. The number of aromatic nitrogens is 1. The van der Waals surface area contributed by atoms with Crippen LogP contribution >= 0.6 is 0 Å². The van der Waals surface area contributed by atoms with E-state index in [4.69, 9.17) is 0 Å². The number of hydrogen-bond donors (Lipinski definition) is 0. The van der Waals surface area contributed by atoms with Gasteiger partial charge >= 0.3 is 84.9 Å². The second-order valence-corrected chi connectivity index (χ2v) is 10.6. The van der Waals surface area contributed by atoms with Gasteiger partial charge in [0.1, 0.15) is 0 Å². The van der Waals surface area contributed by atoms with Crippen molar-refractivity contribution in [1.82, 2.24) is 4.98 Å². The Kier molecular flexibility index (Phi) is 3.15. The van der Waals surface area contributed by atoms with Crippen molar-refractivity contribution in [2.45, 2.75) is 31.1 Å². The molecule has 0 saturated heterocycles. The summed E-state index contributed by atoms with van der Waals surface area (Å²) in [6.07, 6.45) is 1.93. The molecule has 0 unspecified atom stereocenters. The third kappa shape index (κ3) is 3.57. The van der Waals surface area contributed by atoms with E-state index in [1.165, 1.54) is 9.27 Å². The molecular weight excluding hydrogens is 253 g/mol. The maximum absolute atomic E-state index is 4.40. The Labute approximate surface area is 84.8 Å². The molecule has 1 heterocycles. The van der Waals surface area contributed by atoms with E-state index in [0.717, 1.165) is 0 Å². The van der Waals surface area contributed by atoms with Crippen LogP contribution < -0.4 is 3.71 Å². The van der Waals surface area contributed by atoms with Crippen LogP contribution in [0.15, 0.2) is 18.3 Å². The Hall–Kier alpha value is -0.0513. The van der Waals surface area contributed by atoms with Crippen molar-refractivity contribution >= 4 is 24.9 Å². The van der Waals surface area contributed by atoms with Crippen LogP contribution in [0.2, 0.25) is 3.43 Å². The van der Waals surface area contributed by atoms with Gasteiger partial charge in [-0.05, 0) is 0 Å². The van der Waals surface area contributed by atoms with E-state index in [1.807, 2.05) is 6.20 Å². The average Bonchev–Trinajstić information content (AvgIpc) is 1.82. The zero-order valence-corrected chi connectivity index (χ0v) is 11.0. The van der Waals surface area contributed by atoms with Crippen molar-refractivity contribution in [3.8, 4) is 0 Å². The molecule has 1 aromatic heterocycles. The van der Waals surface area contributed by atoms with Crippen LogP contribution in [0.4, 0.5) is 0 Å². The monoisotopic (exact) mass is 269 g/mol. The van der Waals surface area contributed by atoms with Gasteiger partial charge in [0.15, 0.2) is 0 Å². The first-order valence-corrected chi connectivity index (χ1v) is 7.04. The number of nitrogens with zero attached hydrogens (tertiary/aromatic N) is 1. The fourth-order valence-electron chi connectivity index (χ4n) is 0.989. The van der Waals surface area contributed by atoms with Crippen LogP contribution in [0.1, 0.15) is 26.3 Å². The van der Waals surface area contributed by atoms with Crippen molar-refractivity contribution in [3.05, 3.63) is 23.9 Å². The SMILES string of the molecule is Cc1ccn[c]([Sn][C](C)(C)C)c1. The Morgan fingerprint density at radius 1 is 1.33 bits per heavy atom. The van der Waals surface area contributed by atoms with Gasteiger partial charge in [-0.25, -0.2) is 0 Å². The average molecular weight is 268 g/mol. The van der Waals surface area contributed by atoms with Crippen molar-refractivity contribution in [2.24, 2.45) is 0 Å². The molecule has 0 spiro atoms. The Balaban J connectivity index is 2.77. The number of rotatable bonds is 1. The fraction of sp³-hybridized carbons (Fsp3) is 0.500. The molecule has 1 rings (SSSR count). The van der Waals surface area contributed by atoms with E-state index in [0.29, 0.717) is 3.43 Å². The first kappa shape index (κ1) is 10.0. The fourth-order valence-corrected chi connectivity index (χ4v) is 4.43. The van der Waals surface area contributed by atoms with Crippen molar-refractivity contribution in [3.63, 3.8) is 0 Å². The molecule has 12 heavy (non-hydrogen) atoms. The van der Waals surface area contributed by atoms with E-state index in [2.05, 4.69) is 44.8 Å². The van der Waals surface area contributed by atoms with E-state index in [1.54, 1.807) is 0 Å². The molecule has 64 valence electrons. The Morgan fingerprint density at radius 2 is 2.00 bits per heavy atom. The van der Waals surface area contributed by atoms with Crippen LogP contribution in [0.5, 0.6) is 0 Å². The molecule has 2 heteroatoms. The van der Waals surface area contributed by atoms with E-state index < -0.39 is 21.1 Å². The summed E-state index contributed by atoms with van der Waals surface area (Å²) in [5.74, 6) is 0. The predicted molar refractivity (Wildman–Crippen MR) is 54.1 cm³/mol. The van der Waals surface area contributed by atoms with E-state index in [-0.39, 0.29) is 0 Å². The van der Waals surface area contributed by atoms with Crippen LogP contribution in [0.25, 0.3) is 0 Å². The summed E-state index contributed by atoms with van der Waals surface area (Å²) in [5.41, 5.74) is 1.34. The molecule has 0 atom stereocenters.